The summed E-state index contributed by atoms with van der Waals surface area (Å²) in [4.78, 5) is 15.5. The lowest BCUT2D eigenvalue weighted by atomic mass is 10.1. The van der Waals surface area contributed by atoms with E-state index in [9.17, 15) is 9.90 Å². The van der Waals surface area contributed by atoms with Gasteiger partial charge < -0.3 is 14.4 Å². The van der Waals surface area contributed by atoms with Crippen molar-refractivity contribution in [2.24, 2.45) is 0 Å². The number of aromatic nitrogens is 2. The number of methoxy groups -OCH3 is 1. The Morgan fingerprint density at radius 1 is 1.36 bits per heavy atom. The summed E-state index contributed by atoms with van der Waals surface area (Å²) in [6.07, 6.45) is 5.52. The Hall–Kier alpha value is -2.30. The van der Waals surface area contributed by atoms with Gasteiger partial charge in [0.05, 0.1) is 12.7 Å². The molecule has 2 aromatic heterocycles. The minimum Gasteiger partial charge on any atom is -0.481 e. The molecule has 2 rings (SSSR count). The first-order valence-electron chi connectivity index (χ1n) is 7.44. The Morgan fingerprint density at radius 3 is 2.68 bits per heavy atom. The Kier molecular flexibility index (Phi) is 5.20. The number of aryl methyl sites for hydroxylation is 2. The predicted molar refractivity (Wildman–Crippen MR) is 84.6 cm³/mol. The van der Waals surface area contributed by atoms with Gasteiger partial charge in [0.1, 0.15) is 0 Å². The van der Waals surface area contributed by atoms with Crippen molar-refractivity contribution >= 4 is 5.97 Å². The topological polar surface area (TPSA) is 64.3 Å². The summed E-state index contributed by atoms with van der Waals surface area (Å²) in [5.41, 5.74) is 2.44. The molecule has 0 unspecified atom stereocenters. The van der Waals surface area contributed by atoms with E-state index in [1.54, 1.807) is 13.2 Å². The van der Waals surface area contributed by atoms with Crippen LogP contribution in [0.3, 0.4) is 0 Å². The van der Waals surface area contributed by atoms with Crippen molar-refractivity contribution in [3.8, 4) is 5.88 Å². The van der Waals surface area contributed by atoms with E-state index in [2.05, 4.69) is 4.98 Å². The fraction of sp³-hybridized carbons (Fsp3) is 0.412. The molecule has 0 atom stereocenters. The van der Waals surface area contributed by atoms with E-state index in [0.29, 0.717) is 11.4 Å². The zero-order chi connectivity index (χ0) is 16.1. The van der Waals surface area contributed by atoms with Crippen LogP contribution >= 0.6 is 0 Å². The maximum Gasteiger partial charge on any atom is 0.337 e. The van der Waals surface area contributed by atoms with Crippen LogP contribution in [0.5, 0.6) is 5.88 Å². The lowest BCUT2D eigenvalue weighted by Gasteiger charge is -2.13. The SMILES string of the molecule is COc1ccc(CCCn2ccc(C(=O)O)c2C(C)C)cn1. The van der Waals surface area contributed by atoms with Gasteiger partial charge in [0.2, 0.25) is 5.88 Å². The van der Waals surface area contributed by atoms with E-state index in [0.717, 1.165) is 30.6 Å². The molecule has 0 saturated carbocycles. The van der Waals surface area contributed by atoms with Crippen LogP contribution in [0.15, 0.2) is 30.6 Å². The van der Waals surface area contributed by atoms with Gasteiger partial charge in [0.25, 0.3) is 0 Å². The van der Waals surface area contributed by atoms with Crippen molar-refractivity contribution in [1.82, 2.24) is 9.55 Å². The molecule has 2 aromatic rings. The Balaban J connectivity index is 2.00. The predicted octanol–water partition coefficient (Wildman–Crippen LogP) is 3.35. The number of pyridine rings is 1. The molecular formula is C17H22N2O3. The standard InChI is InChI=1S/C17H22N2O3/c1-12(2)16-14(17(20)21)8-10-19(16)9-4-5-13-6-7-15(22-3)18-11-13/h6-8,10-12H,4-5,9H2,1-3H3,(H,20,21). The second-order valence-corrected chi connectivity index (χ2v) is 5.58. The zero-order valence-electron chi connectivity index (χ0n) is 13.2. The van der Waals surface area contributed by atoms with Gasteiger partial charge in [-0.05, 0) is 30.4 Å². The first-order chi connectivity index (χ1) is 10.5. The third kappa shape index (κ3) is 3.67. The molecule has 5 nitrogen and oxygen atoms in total. The summed E-state index contributed by atoms with van der Waals surface area (Å²) in [7, 11) is 1.60. The van der Waals surface area contributed by atoms with Crippen molar-refractivity contribution < 1.29 is 14.6 Å². The summed E-state index contributed by atoms with van der Waals surface area (Å²) < 4.78 is 7.09. The number of carboxylic acids is 1. The molecule has 0 aliphatic heterocycles. The van der Waals surface area contributed by atoms with E-state index >= 15 is 0 Å². The number of aromatic carboxylic acids is 1. The number of hydrogen-bond acceptors (Lipinski definition) is 3. The summed E-state index contributed by atoms with van der Waals surface area (Å²) >= 11 is 0. The Labute approximate surface area is 130 Å². The Morgan fingerprint density at radius 2 is 2.14 bits per heavy atom. The fourth-order valence-corrected chi connectivity index (χ4v) is 2.64. The highest BCUT2D eigenvalue weighted by molar-refractivity contribution is 5.89. The van der Waals surface area contributed by atoms with E-state index < -0.39 is 5.97 Å². The number of rotatable bonds is 7. The van der Waals surface area contributed by atoms with Crippen molar-refractivity contribution in [2.45, 2.75) is 39.2 Å². The summed E-state index contributed by atoms with van der Waals surface area (Å²) in [6, 6.07) is 5.55. The van der Waals surface area contributed by atoms with Gasteiger partial charge in [-0.25, -0.2) is 9.78 Å². The van der Waals surface area contributed by atoms with E-state index in [1.807, 2.05) is 42.9 Å². The van der Waals surface area contributed by atoms with Crippen LogP contribution in [0.2, 0.25) is 0 Å². The first kappa shape index (κ1) is 16.1. The number of carbonyl (C=O) groups is 1. The molecule has 5 heteroatoms. The quantitative estimate of drug-likeness (QED) is 0.852. The molecule has 0 bridgehead atoms. The van der Waals surface area contributed by atoms with Crippen LogP contribution in [0.25, 0.3) is 0 Å². The molecule has 118 valence electrons. The van der Waals surface area contributed by atoms with Gasteiger partial charge in [-0.1, -0.05) is 19.9 Å². The van der Waals surface area contributed by atoms with E-state index in [4.69, 9.17) is 4.74 Å². The molecule has 0 aromatic carbocycles. The molecule has 0 amide bonds. The highest BCUT2D eigenvalue weighted by Crippen LogP contribution is 2.22. The lowest BCUT2D eigenvalue weighted by molar-refractivity contribution is 0.0695. The monoisotopic (exact) mass is 302 g/mol. The fourth-order valence-electron chi connectivity index (χ4n) is 2.64. The number of nitrogens with zero attached hydrogens (tertiary/aromatic N) is 2. The second kappa shape index (κ2) is 7.11. The first-order valence-corrected chi connectivity index (χ1v) is 7.44. The molecule has 0 saturated heterocycles. The molecule has 0 aliphatic carbocycles. The van der Waals surface area contributed by atoms with Crippen molar-refractivity contribution in [2.75, 3.05) is 7.11 Å². The number of hydrogen-bond donors (Lipinski definition) is 1. The highest BCUT2D eigenvalue weighted by Gasteiger charge is 2.17. The van der Waals surface area contributed by atoms with Crippen molar-refractivity contribution in [1.29, 1.82) is 0 Å². The van der Waals surface area contributed by atoms with Crippen molar-refractivity contribution in [3.05, 3.63) is 47.4 Å². The lowest BCUT2D eigenvalue weighted by Crippen LogP contribution is -2.09. The normalized spacial score (nSPS) is 10.9. The maximum atomic E-state index is 11.3. The van der Waals surface area contributed by atoms with Crippen LogP contribution in [0.4, 0.5) is 0 Å². The number of carboxylic acid groups (broad SMARTS) is 1. The minimum absolute atomic E-state index is 0.184. The average molecular weight is 302 g/mol. The van der Waals surface area contributed by atoms with Crippen LogP contribution in [0.1, 0.15) is 47.8 Å². The molecule has 2 heterocycles. The summed E-state index contributed by atoms with van der Waals surface area (Å²) in [5.74, 6) is -0.0621. The highest BCUT2D eigenvalue weighted by atomic mass is 16.5. The molecule has 1 N–H and O–H groups in total. The van der Waals surface area contributed by atoms with Gasteiger partial charge in [-0.3, -0.25) is 0 Å². The zero-order valence-corrected chi connectivity index (χ0v) is 13.2. The largest absolute Gasteiger partial charge is 0.481 e. The second-order valence-electron chi connectivity index (χ2n) is 5.58. The van der Waals surface area contributed by atoms with Gasteiger partial charge >= 0.3 is 5.97 Å². The molecule has 0 spiro atoms. The number of ether oxygens (including phenoxy) is 1. The molecule has 0 radical (unpaired) electrons. The average Bonchev–Trinajstić information content (AvgIpc) is 2.92. The van der Waals surface area contributed by atoms with Gasteiger partial charge in [-0.15, -0.1) is 0 Å². The van der Waals surface area contributed by atoms with E-state index in [1.165, 1.54) is 0 Å². The molecule has 0 aliphatic rings. The van der Waals surface area contributed by atoms with Crippen molar-refractivity contribution in [3.63, 3.8) is 0 Å². The molecular weight excluding hydrogens is 280 g/mol. The van der Waals surface area contributed by atoms with Crippen LogP contribution < -0.4 is 4.74 Å². The van der Waals surface area contributed by atoms with Crippen LogP contribution in [-0.2, 0) is 13.0 Å². The summed E-state index contributed by atoms with van der Waals surface area (Å²) in [6.45, 7) is 4.84. The Bertz CT molecular complexity index is 630. The van der Waals surface area contributed by atoms with Crippen LogP contribution in [0, 0.1) is 0 Å². The van der Waals surface area contributed by atoms with E-state index in [-0.39, 0.29) is 5.92 Å². The summed E-state index contributed by atoms with van der Waals surface area (Å²) in [5, 5.41) is 9.25. The van der Waals surface area contributed by atoms with Crippen LogP contribution in [-0.4, -0.2) is 27.7 Å². The van der Waals surface area contributed by atoms with Gasteiger partial charge in [-0.2, -0.15) is 0 Å². The minimum atomic E-state index is -0.859. The maximum absolute atomic E-state index is 11.3. The van der Waals surface area contributed by atoms with Gasteiger partial charge in [0.15, 0.2) is 0 Å². The third-order valence-corrected chi connectivity index (χ3v) is 3.66. The third-order valence-electron chi connectivity index (χ3n) is 3.66. The smallest absolute Gasteiger partial charge is 0.337 e. The van der Waals surface area contributed by atoms with Gasteiger partial charge in [0, 0.05) is 30.7 Å². The molecule has 0 fully saturated rings. The molecule has 22 heavy (non-hydrogen) atoms.